The number of carbonyl (C=O) groups is 3. The number of rotatable bonds is 17. The summed E-state index contributed by atoms with van der Waals surface area (Å²) in [4.78, 5) is 52.1. The molecule has 2 bridgehead atoms. The van der Waals surface area contributed by atoms with Gasteiger partial charge in [-0.3, -0.25) is 14.4 Å². The number of nitrogens with zero attached hydrogens (tertiary/aromatic N) is 4. The Morgan fingerprint density at radius 1 is 0.960 bits per heavy atom. The van der Waals surface area contributed by atoms with Gasteiger partial charge in [-0.2, -0.15) is 0 Å². The van der Waals surface area contributed by atoms with E-state index in [9.17, 15) is 14.7 Å². The number of aliphatic hydroxyl groups is 1. The predicted molar refractivity (Wildman–Crippen MR) is 204 cm³/mol. The van der Waals surface area contributed by atoms with Crippen molar-refractivity contribution in [2.45, 2.75) is 76.0 Å². The van der Waals surface area contributed by atoms with Crippen LogP contribution in [0, 0.1) is 17.8 Å². The van der Waals surface area contributed by atoms with Crippen molar-refractivity contribution in [3.63, 3.8) is 0 Å². The van der Waals surface area contributed by atoms with Gasteiger partial charge < -0.3 is 29.4 Å². The smallest absolute Gasteiger partial charge is 0.251 e. The summed E-state index contributed by atoms with van der Waals surface area (Å²) in [6.45, 7) is 20.7. The third kappa shape index (κ3) is 6.81. The first-order chi connectivity index (χ1) is 24.1. The van der Waals surface area contributed by atoms with Gasteiger partial charge >= 0.3 is 0 Å². The van der Waals surface area contributed by atoms with Crippen LogP contribution in [0.2, 0.25) is 0 Å². The maximum atomic E-state index is 15.1. The molecule has 10 heteroatoms. The number of hydrogen-bond acceptors (Lipinski definition) is 7. The van der Waals surface area contributed by atoms with Gasteiger partial charge in [0.1, 0.15) is 11.8 Å². The summed E-state index contributed by atoms with van der Waals surface area (Å²) in [6, 6.07) is 14.0. The number of benzene rings is 2. The number of amides is 3. The van der Waals surface area contributed by atoms with E-state index in [-0.39, 0.29) is 48.6 Å². The van der Waals surface area contributed by atoms with Gasteiger partial charge in [-0.15, -0.1) is 24.9 Å². The minimum absolute atomic E-state index is 0.109. The lowest BCUT2D eigenvalue weighted by Gasteiger charge is -2.40. The zero-order chi connectivity index (χ0) is 36.2. The van der Waals surface area contributed by atoms with Gasteiger partial charge in [-0.05, 0) is 94.5 Å². The van der Waals surface area contributed by atoms with E-state index in [1.54, 1.807) is 38.6 Å². The Hall–Kier alpha value is -3.76. The number of thioether (sulfide) groups is 1. The molecule has 2 aromatic carbocycles. The number of anilines is 3. The maximum absolute atomic E-state index is 15.1. The molecule has 50 heavy (non-hydrogen) atoms. The summed E-state index contributed by atoms with van der Waals surface area (Å²) in [7, 11) is 0. The standard InChI is InChI=1S/C40H54N4O5S/c1-8-23-42(30-17-19-32(20-18-30)49-12-5)37(46)34-33-21-22-40(50-33)35(34)38(47)44(31(26-45)25-27(6)7)36(40)39(48)43(24-9-2)29-15-13-28(14-16-29)41(10-3)11-4/h8-9,13-20,27,31,33-36,45H,1-2,10-12,21-26H2,3-7H3/t31-,33-,34+,35+,36?,40?/m1/s1. The first-order valence-corrected chi connectivity index (χ1v) is 19.0. The van der Waals surface area contributed by atoms with Gasteiger partial charge in [0, 0.05) is 48.5 Å². The fourth-order valence-corrected chi connectivity index (χ4v) is 10.6. The van der Waals surface area contributed by atoms with E-state index in [0.717, 1.165) is 30.9 Å². The molecule has 3 amide bonds. The monoisotopic (exact) mass is 702 g/mol. The highest BCUT2D eigenvalue weighted by atomic mass is 32.2. The van der Waals surface area contributed by atoms with Crippen LogP contribution < -0.4 is 19.4 Å². The highest BCUT2D eigenvalue weighted by Gasteiger charge is 2.74. The van der Waals surface area contributed by atoms with E-state index in [0.29, 0.717) is 30.9 Å². The molecule has 3 aliphatic heterocycles. The Labute approximate surface area is 302 Å². The molecule has 1 N–H and O–H groups in total. The van der Waals surface area contributed by atoms with Crippen LogP contribution in [0.3, 0.4) is 0 Å². The van der Waals surface area contributed by atoms with Crippen molar-refractivity contribution in [3.8, 4) is 5.75 Å². The lowest BCUT2D eigenvalue weighted by atomic mass is 9.70. The van der Waals surface area contributed by atoms with Crippen LogP contribution in [0.25, 0.3) is 0 Å². The first kappa shape index (κ1) is 37.5. The Morgan fingerprint density at radius 3 is 2.04 bits per heavy atom. The summed E-state index contributed by atoms with van der Waals surface area (Å²) in [5.74, 6) is -0.974. The molecule has 0 aliphatic carbocycles. The molecular weight excluding hydrogens is 649 g/mol. The lowest BCUT2D eigenvalue weighted by molar-refractivity contribution is -0.142. The minimum atomic E-state index is -0.843. The molecule has 3 saturated heterocycles. The van der Waals surface area contributed by atoms with E-state index < -0.39 is 28.7 Å². The molecule has 0 radical (unpaired) electrons. The molecule has 0 aromatic heterocycles. The van der Waals surface area contributed by atoms with Crippen molar-refractivity contribution in [2.75, 3.05) is 54.1 Å². The van der Waals surface area contributed by atoms with Crippen LogP contribution in [0.15, 0.2) is 73.8 Å². The number of fused-ring (bicyclic) bond motifs is 1. The topological polar surface area (TPSA) is 93.6 Å². The van der Waals surface area contributed by atoms with Crippen molar-refractivity contribution in [1.29, 1.82) is 0 Å². The highest BCUT2D eigenvalue weighted by Crippen LogP contribution is 2.67. The summed E-state index contributed by atoms with van der Waals surface area (Å²) in [5, 5.41) is 10.7. The summed E-state index contributed by atoms with van der Waals surface area (Å²) in [6.07, 6.45) is 5.31. The lowest BCUT2D eigenvalue weighted by Crippen LogP contribution is -2.58. The average molecular weight is 703 g/mol. The van der Waals surface area contributed by atoms with E-state index >= 15 is 4.79 Å². The zero-order valence-corrected chi connectivity index (χ0v) is 31.1. The van der Waals surface area contributed by atoms with E-state index in [1.807, 2.05) is 55.5 Å². The molecule has 5 rings (SSSR count). The molecule has 3 fully saturated rings. The number of likely N-dealkylation sites (tertiary alicyclic amines) is 1. The Balaban J connectivity index is 1.56. The second kappa shape index (κ2) is 16.1. The second-order valence-corrected chi connectivity index (χ2v) is 15.5. The van der Waals surface area contributed by atoms with Gasteiger partial charge in [-0.1, -0.05) is 26.0 Å². The van der Waals surface area contributed by atoms with E-state index in [1.165, 1.54) is 0 Å². The summed E-state index contributed by atoms with van der Waals surface area (Å²) >= 11 is 1.64. The normalized spacial score (nSPS) is 24.2. The average Bonchev–Trinajstić information content (AvgIpc) is 3.76. The zero-order valence-electron chi connectivity index (χ0n) is 30.3. The summed E-state index contributed by atoms with van der Waals surface area (Å²) < 4.78 is 4.83. The predicted octanol–water partition coefficient (Wildman–Crippen LogP) is 6.17. The quantitative estimate of drug-likeness (QED) is 0.197. The number of ether oxygens (including phenoxy) is 1. The van der Waals surface area contributed by atoms with E-state index in [2.05, 4.69) is 45.8 Å². The maximum Gasteiger partial charge on any atom is 0.251 e. The molecule has 2 unspecified atom stereocenters. The van der Waals surface area contributed by atoms with Crippen molar-refractivity contribution in [1.82, 2.24) is 4.90 Å². The van der Waals surface area contributed by atoms with E-state index in [4.69, 9.17) is 4.74 Å². The van der Waals surface area contributed by atoms with Crippen molar-refractivity contribution >= 4 is 46.5 Å². The molecule has 270 valence electrons. The van der Waals surface area contributed by atoms with Crippen molar-refractivity contribution in [3.05, 3.63) is 73.8 Å². The first-order valence-electron chi connectivity index (χ1n) is 18.1. The largest absolute Gasteiger partial charge is 0.494 e. The van der Waals surface area contributed by atoms with Crippen molar-refractivity contribution < 1.29 is 24.2 Å². The van der Waals surface area contributed by atoms with Gasteiger partial charge in [0.15, 0.2) is 0 Å². The summed E-state index contributed by atoms with van der Waals surface area (Å²) in [5.41, 5.74) is 2.50. The SMILES string of the molecule is C=CCN(C(=O)C1N([C@@H](CO)CC(C)C)C(=O)[C@@H]2[C@@H](C(=O)N(CC=C)c3ccc(OCC)cc3)[C@H]3CCC12S3)c1ccc(N(CC)CC)cc1. The van der Waals surface area contributed by atoms with Gasteiger partial charge in [0.05, 0.1) is 35.8 Å². The Morgan fingerprint density at radius 2 is 1.52 bits per heavy atom. The van der Waals surface area contributed by atoms with Crippen LogP contribution >= 0.6 is 11.8 Å². The third-order valence-electron chi connectivity index (χ3n) is 10.5. The van der Waals surface area contributed by atoms with Crippen LogP contribution in [0.4, 0.5) is 17.1 Å². The van der Waals surface area contributed by atoms with Crippen molar-refractivity contribution in [2.24, 2.45) is 17.8 Å². The Bertz CT molecular complexity index is 1530. The van der Waals surface area contributed by atoms with Gasteiger partial charge in [0.2, 0.25) is 11.8 Å². The highest BCUT2D eigenvalue weighted by molar-refractivity contribution is 8.02. The van der Waals surface area contributed by atoms with Gasteiger partial charge in [-0.25, -0.2) is 0 Å². The van der Waals surface area contributed by atoms with Crippen LogP contribution in [-0.4, -0.2) is 89.2 Å². The van der Waals surface area contributed by atoms with Crippen LogP contribution in [-0.2, 0) is 14.4 Å². The Kier molecular flexibility index (Phi) is 12.0. The fraction of sp³-hybridized carbons (Fsp3) is 0.525. The van der Waals surface area contributed by atoms with Crippen LogP contribution in [0.1, 0.15) is 53.9 Å². The molecule has 9 nitrogen and oxygen atoms in total. The third-order valence-corrected chi connectivity index (χ3v) is 12.5. The molecular formula is C40H54N4O5S. The molecule has 3 heterocycles. The molecule has 3 aliphatic rings. The second-order valence-electron chi connectivity index (χ2n) is 13.9. The number of hydrogen-bond donors (Lipinski definition) is 1. The fourth-order valence-electron chi connectivity index (χ4n) is 8.42. The molecule has 1 spiro atoms. The van der Waals surface area contributed by atoms with Crippen LogP contribution in [0.5, 0.6) is 5.75 Å². The molecule has 2 aromatic rings. The molecule has 6 atom stereocenters. The number of carbonyl (C=O) groups excluding carboxylic acids is 3. The molecule has 0 saturated carbocycles. The number of aliphatic hydroxyl groups excluding tert-OH is 1. The van der Waals surface area contributed by atoms with Gasteiger partial charge in [0.25, 0.3) is 5.91 Å². The minimum Gasteiger partial charge on any atom is -0.494 e.